The lowest BCUT2D eigenvalue weighted by atomic mass is 10.2. The molecule has 2 N–H and O–H groups in total. The van der Waals surface area contributed by atoms with Crippen LogP contribution in [0.2, 0.25) is 0 Å². The van der Waals surface area contributed by atoms with Crippen molar-refractivity contribution in [1.29, 1.82) is 0 Å². The lowest BCUT2D eigenvalue weighted by molar-refractivity contribution is -0.143. The number of carbonyl (C=O) groups excluding carboxylic acids is 1. The number of aryl methyl sites for hydroxylation is 2. The minimum absolute atomic E-state index is 0.168. The highest BCUT2D eigenvalue weighted by atomic mass is 16.5. The molecular weight excluding hydrogens is 206 g/mol. The molecule has 0 unspecified atom stereocenters. The van der Waals surface area contributed by atoms with Gasteiger partial charge in [-0.15, -0.1) is 0 Å². The Labute approximate surface area is 95.6 Å². The molecule has 0 radical (unpaired) electrons. The summed E-state index contributed by atoms with van der Waals surface area (Å²) in [6, 6.07) is 0. The van der Waals surface area contributed by atoms with Crippen LogP contribution < -0.4 is 5.73 Å². The zero-order chi connectivity index (χ0) is 11.8. The van der Waals surface area contributed by atoms with E-state index in [-0.39, 0.29) is 5.97 Å². The maximum atomic E-state index is 11.1. The van der Waals surface area contributed by atoms with Gasteiger partial charge >= 0.3 is 5.97 Å². The Balaban J connectivity index is 2.31. The van der Waals surface area contributed by atoms with Gasteiger partial charge in [-0.2, -0.15) is 0 Å². The van der Waals surface area contributed by atoms with Crippen LogP contribution in [0.1, 0.15) is 25.5 Å². The number of imidazole rings is 1. The zero-order valence-electron chi connectivity index (χ0n) is 9.69. The second-order valence-corrected chi connectivity index (χ2v) is 3.55. The van der Waals surface area contributed by atoms with Crippen molar-refractivity contribution in [3.05, 3.63) is 18.2 Å². The van der Waals surface area contributed by atoms with Crippen LogP contribution in [0, 0.1) is 0 Å². The maximum Gasteiger partial charge on any atom is 0.306 e. The molecule has 0 atom stereocenters. The van der Waals surface area contributed by atoms with E-state index in [1.54, 1.807) is 13.3 Å². The summed E-state index contributed by atoms with van der Waals surface area (Å²) < 4.78 is 6.84. The quantitative estimate of drug-likeness (QED) is 0.694. The molecule has 0 aromatic carbocycles. The fraction of sp³-hybridized carbons (Fsp3) is 0.636. The van der Waals surface area contributed by atoms with Crippen molar-refractivity contribution >= 4 is 5.97 Å². The number of ether oxygens (including phenoxy) is 1. The Morgan fingerprint density at radius 2 is 2.44 bits per heavy atom. The van der Waals surface area contributed by atoms with E-state index in [2.05, 4.69) is 4.98 Å². The van der Waals surface area contributed by atoms with E-state index < -0.39 is 0 Å². The Bertz CT molecular complexity index is 323. The monoisotopic (exact) mass is 225 g/mol. The molecule has 0 saturated carbocycles. The summed E-state index contributed by atoms with van der Waals surface area (Å²) >= 11 is 0. The van der Waals surface area contributed by atoms with Gasteiger partial charge in [-0.05, 0) is 19.9 Å². The summed E-state index contributed by atoms with van der Waals surface area (Å²) in [5.74, 6) is -0.168. The standard InChI is InChI=1S/C11H19N3O2/c1-2-16-11(15)5-4-10-8-14(9-13-10)7-3-6-12/h8-9H,2-7,12H2,1H3. The van der Waals surface area contributed by atoms with Crippen LogP contribution in [0.4, 0.5) is 0 Å². The Kier molecular flexibility index (Phi) is 5.56. The van der Waals surface area contributed by atoms with Crippen LogP contribution >= 0.6 is 0 Å². The fourth-order valence-corrected chi connectivity index (χ4v) is 1.39. The molecule has 1 aromatic rings. The molecule has 0 aliphatic heterocycles. The number of nitrogens with zero attached hydrogens (tertiary/aromatic N) is 2. The summed E-state index contributed by atoms with van der Waals surface area (Å²) in [5, 5.41) is 0. The van der Waals surface area contributed by atoms with E-state index in [9.17, 15) is 4.79 Å². The molecule has 0 spiro atoms. The molecule has 16 heavy (non-hydrogen) atoms. The van der Waals surface area contributed by atoms with Gasteiger partial charge in [0.2, 0.25) is 0 Å². The van der Waals surface area contributed by atoms with Gasteiger partial charge in [0.05, 0.1) is 25.0 Å². The molecule has 0 bridgehead atoms. The van der Waals surface area contributed by atoms with Crippen LogP contribution in [0.3, 0.4) is 0 Å². The Morgan fingerprint density at radius 3 is 3.12 bits per heavy atom. The first-order valence-electron chi connectivity index (χ1n) is 5.62. The topological polar surface area (TPSA) is 70.1 Å². The minimum Gasteiger partial charge on any atom is -0.466 e. The van der Waals surface area contributed by atoms with Crippen molar-refractivity contribution in [2.75, 3.05) is 13.2 Å². The number of nitrogens with two attached hydrogens (primary N) is 1. The molecule has 1 rings (SSSR count). The van der Waals surface area contributed by atoms with Crippen molar-refractivity contribution in [2.24, 2.45) is 5.73 Å². The molecule has 1 aromatic heterocycles. The van der Waals surface area contributed by atoms with Gasteiger partial charge in [-0.25, -0.2) is 4.98 Å². The van der Waals surface area contributed by atoms with Crippen molar-refractivity contribution < 1.29 is 9.53 Å². The molecular formula is C11H19N3O2. The predicted molar refractivity (Wildman–Crippen MR) is 60.9 cm³/mol. The second kappa shape index (κ2) is 7.00. The van der Waals surface area contributed by atoms with Crippen LogP contribution in [0.15, 0.2) is 12.5 Å². The van der Waals surface area contributed by atoms with Gasteiger partial charge in [0.15, 0.2) is 0 Å². The SMILES string of the molecule is CCOC(=O)CCc1cn(CCCN)cn1. The van der Waals surface area contributed by atoms with Crippen molar-refractivity contribution in [1.82, 2.24) is 9.55 Å². The van der Waals surface area contributed by atoms with Gasteiger partial charge in [-0.1, -0.05) is 0 Å². The average Bonchev–Trinajstić information content (AvgIpc) is 2.72. The first-order valence-corrected chi connectivity index (χ1v) is 5.62. The number of rotatable bonds is 7. The van der Waals surface area contributed by atoms with Gasteiger partial charge in [-0.3, -0.25) is 4.79 Å². The zero-order valence-corrected chi connectivity index (χ0v) is 9.69. The smallest absolute Gasteiger partial charge is 0.306 e. The van der Waals surface area contributed by atoms with Crippen LogP contribution in [0.5, 0.6) is 0 Å². The summed E-state index contributed by atoms with van der Waals surface area (Å²) in [6.45, 7) is 3.79. The van der Waals surface area contributed by atoms with Crippen LogP contribution in [-0.2, 0) is 22.5 Å². The average molecular weight is 225 g/mol. The third-order valence-corrected chi connectivity index (χ3v) is 2.20. The molecule has 5 heteroatoms. The largest absolute Gasteiger partial charge is 0.466 e. The highest BCUT2D eigenvalue weighted by molar-refractivity contribution is 5.69. The van der Waals surface area contributed by atoms with Crippen molar-refractivity contribution in [2.45, 2.75) is 32.7 Å². The molecule has 0 aliphatic carbocycles. The second-order valence-electron chi connectivity index (χ2n) is 3.55. The van der Waals surface area contributed by atoms with Gasteiger partial charge in [0.25, 0.3) is 0 Å². The fourth-order valence-electron chi connectivity index (χ4n) is 1.39. The van der Waals surface area contributed by atoms with Gasteiger partial charge in [0.1, 0.15) is 0 Å². The molecule has 1 heterocycles. The van der Waals surface area contributed by atoms with Crippen molar-refractivity contribution in [3.8, 4) is 0 Å². The van der Waals surface area contributed by atoms with Crippen molar-refractivity contribution in [3.63, 3.8) is 0 Å². The highest BCUT2D eigenvalue weighted by Gasteiger charge is 2.04. The number of hydrogen-bond acceptors (Lipinski definition) is 4. The first kappa shape index (κ1) is 12.7. The van der Waals surface area contributed by atoms with Gasteiger partial charge < -0.3 is 15.0 Å². The summed E-state index contributed by atoms with van der Waals surface area (Å²) in [6.07, 6.45) is 5.69. The maximum absolute atomic E-state index is 11.1. The number of carbonyl (C=O) groups is 1. The Hall–Kier alpha value is -1.36. The molecule has 0 amide bonds. The van der Waals surface area contributed by atoms with Crippen LogP contribution in [0.25, 0.3) is 0 Å². The van der Waals surface area contributed by atoms with E-state index >= 15 is 0 Å². The first-order chi connectivity index (χ1) is 7.76. The summed E-state index contributed by atoms with van der Waals surface area (Å²) in [4.78, 5) is 15.3. The van der Waals surface area contributed by atoms with E-state index in [1.165, 1.54) is 0 Å². The molecule has 90 valence electrons. The van der Waals surface area contributed by atoms with E-state index in [1.807, 2.05) is 10.8 Å². The third kappa shape index (κ3) is 4.44. The molecule has 0 aliphatic rings. The van der Waals surface area contributed by atoms with E-state index in [4.69, 9.17) is 10.5 Å². The minimum atomic E-state index is -0.168. The summed E-state index contributed by atoms with van der Waals surface area (Å²) in [7, 11) is 0. The van der Waals surface area contributed by atoms with E-state index in [0.29, 0.717) is 26.0 Å². The molecule has 0 saturated heterocycles. The number of esters is 1. The lowest BCUT2D eigenvalue weighted by Gasteiger charge is -1.99. The summed E-state index contributed by atoms with van der Waals surface area (Å²) in [5.41, 5.74) is 6.34. The Morgan fingerprint density at radius 1 is 1.62 bits per heavy atom. The normalized spacial score (nSPS) is 10.4. The predicted octanol–water partition coefficient (Wildman–Crippen LogP) is 0.728. The van der Waals surface area contributed by atoms with Crippen LogP contribution in [-0.4, -0.2) is 28.7 Å². The number of hydrogen-bond donors (Lipinski definition) is 1. The molecule has 0 fully saturated rings. The number of aromatic nitrogens is 2. The highest BCUT2D eigenvalue weighted by Crippen LogP contribution is 2.02. The lowest BCUT2D eigenvalue weighted by Crippen LogP contribution is -2.05. The van der Waals surface area contributed by atoms with E-state index in [0.717, 1.165) is 18.7 Å². The molecule has 5 nitrogen and oxygen atoms in total. The van der Waals surface area contributed by atoms with Gasteiger partial charge in [0, 0.05) is 19.2 Å². The third-order valence-electron chi connectivity index (χ3n) is 2.20.